The molecule has 2 nitrogen and oxygen atoms in total. The van der Waals surface area contributed by atoms with Crippen molar-refractivity contribution in [3.05, 3.63) is 12.2 Å². The Hall–Kier alpha value is -1.67. The molecule has 0 saturated carbocycles. The van der Waals surface area contributed by atoms with Crippen LogP contribution in [-0.2, 0) is 4.79 Å². The Labute approximate surface area is 65.9 Å². The van der Waals surface area contributed by atoms with Gasteiger partial charge in [0, 0.05) is 12.5 Å². The number of unbranched alkanes of at least 4 members (excludes halogenated alkanes) is 1. The highest BCUT2D eigenvalue weighted by molar-refractivity contribution is 5.79. The molecule has 0 radical (unpaired) electrons. The SMILES string of the molecule is C#CC#CCC/C=C\C(=O)O. The molecule has 0 rings (SSSR count). The van der Waals surface area contributed by atoms with Crippen LogP contribution >= 0.6 is 0 Å². The third-order valence-corrected chi connectivity index (χ3v) is 0.857. The summed E-state index contributed by atoms with van der Waals surface area (Å²) in [5.74, 6) is 6.34. The van der Waals surface area contributed by atoms with Gasteiger partial charge in [0.2, 0.25) is 0 Å². The van der Waals surface area contributed by atoms with Crippen molar-refractivity contribution in [1.29, 1.82) is 0 Å². The van der Waals surface area contributed by atoms with Crippen LogP contribution in [0.1, 0.15) is 12.8 Å². The summed E-state index contributed by atoms with van der Waals surface area (Å²) in [6, 6.07) is 0. The lowest BCUT2D eigenvalue weighted by Gasteiger charge is -1.80. The van der Waals surface area contributed by atoms with Gasteiger partial charge in [-0.25, -0.2) is 4.79 Å². The minimum atomic E-state index is -0.935. The molecule has 0 aliphatic rings. The molecule has 0 aromatic rings. The predicted octanol–water partition coefficient (Wildman–Crippen LogP) is 1.04. The quantitative estimate of drug-likeness (QED) is 0.369. The fourth-order valence-electron chi connectivity index (χ4n) is 0.453. The van der Waals surface area contributed by atoms with E-state index in [-0.39, 0.29) is 0 Å². The first-order chi connectivity index (χ1) is 5.27. The van der Waals surface area contributed by atoms with Crippen LogP contribution in [-0.4, -0.2) is 11.1 Å². The van der Waals surface area contributed by atoms with Gasteiger partial charge < -0.3 is 5.11 Å². The Balaban J connectivity index is 3.44. The van der Waals surface area contributed by atoms with Gasteiger partial charge in [-0.05, 0) is 18.3 Å². The van der Waals surface area contributed by atoms with E-state index in [4.69, 9.17) is 11.5 Å². The summed E-state index contributed by atoms with van der Waals surface area (Å²) >= 11 is 0. The molecule has 0 aliphatic heterocycles. The maximum Gasteiger partial charge on any atom is 0.327 e. The number of carbonyl (C=O) groups is 1. The van der Waals surface area contributed by atoms with Crippen molar-refractivity contribution in [2.24, 2.45) is 0 Å². The van der Waals surface area contributed by atoms with E-state index < -0.39 is 5.97 Å². The zero-order valence-corrected chi connectivity index (χ0v) is 6.00. The van der Waals surface area contributed by atoms with Crippen LogP contribution in [0.4, 0.5) is 0 Å². The van der Waals surface area contributed by atoms with Crippen LogP contribution in [0.15, 0.2) is 12.2 Å². The zero-order valence-electron chi connectivity index (χ0n) is 6.00. The summed E-state index contributed by atoms with van der Waals surface area (Å²) in [5.41, 5.74) is 0. The van der Waals surface area contributed by atoms with Crippen molar-refractivity contribution in [3.8, 4) is 24.2 Å². The van der Waals surface area contributed by atoms with Crippen LogP contribution in [0.25, 0.3) is 0 Å². The van der Waals surface area contributed by atoms with Gasteiger partial charge in [0.1, 0.15) is 0 Å². The first-order valence-corrected chi connectivity index (χ1v) is 3.10. The second kappa shape index (κ2) is 6.45. The Morgan fingerprint density at radius 2 is 2.36 bits per heavy atom. The van der Waals surface area contributed by atoms with E-state index >= 15 is 0 Å². The van der Waals surface area contributed by atoms with Crippen molar-refractivity contribution >= 4 is 5.97 Å². The molecule has 0 aromatic heterocycles. The molecule has 0 spiro atoms. The minimum absolute atomic E-state index is 0.605. The first-order valence-electron chi connectivity index (χ1n) is 3.10. The Bertz CT molecular complexity index is 245. The van der Waals surface area contributed by atoms with Crippen LogP contribution in [0, 0.1) is 24.2 Å². The molecular weight excluding hydrogens is 140 g/mol. The van der Waals surface area contributed by atoms with E-state index in [2.05, 4.69) is 17.8 Å². The van der Waals surface area contributed by atoms with E-state index in [9.17, 15) is 4.79 Å². The van der Waals surface area contributed by atoms with E-state index in [1.54, 1.807) is 6.08 Å². The lowest BCUT2D eigenvalue weighted by Crippen LogP contribution is -1.85. The van der Waals surface area contributed by atoms with Gasteiger partial charge >= 0.3 is 5.97 Å². The highest BCUT2D eigenvalue weighted by Crippen LogP contribution is 1.87. The molecule has 2 heteroatoms. The average molecular weight is 148 g/mol. The predicted molar refractivity (Wildman–Crippen MR) is 42.6 cm³/mol. The standard InChI is InChI=1S/C9H8O2/c1-2-3-4-5-6-7-8-9(10)11/h1,7-8H,5-6H2,(H,10,11)/b8-7-. The molecule has 0 amide bonds. The van der Waals surface area contributed by atoms with Crippen LogP contribution in [0.3, 0.4) is 0 Å². The highest BCUT2D eigenvalue weighted by atomic mass is 16.4. The maximum atomic E-state index is 9.93. The van der Waals surface area contributed by atoms with Gasteiger partial charge in [0.25, 0.3) is 0 Å². The van der Waals surface area contributed by atoms with Crippen molar-refractivity contribution in [3.63, 3.8) is 0 Å². The van der Waals surface area contributed by atoms with Crippen molar-refractivity contribution < 1.29 is 9.90 Å². The number of carboxylic acids is 1. The molecule has 0 unspecified atom stereocenters. The van der Waals surface area contributed by atoms with Crippen molar-refractivity contribution in [1.82, 2.24) is 0 Å². The number of rotatable bonds is 3. The number of terminal acetylenes is 1. The van der Waals surface area contributed by atoms with E-state index in [1.165, 1.54) is 0 Å². The van der Waals surface area contributed by atoms with Gasteiger partial charge in [-0.1, -0.05) is 12.0 Å². The zero-order chi connectivity index (χ0) is 8.53. The van der Waals surface area contributed by atoms with Gasteiger partial charge in [0.15, 0.2) is 0 Å². The molecular formula is C9H8O2. The topological polar surface area (TPSA) is 37.3 Å². The lowest BCUT2D eigenvalue weighted by molar-refractivity contribution is -0.131. The second-order valence-electron chi connectivity index (χ2n) is 1.73. The Kier molecular flexibility index (Phi) is 5.47. The van der Waals surface area contributed by atoms with Gasteiger partial charge in [-0.15, -0.1) is 6.42 Å². The molecule has 0 atom stereocenters. The third kappa shape index (κ3) is 8.33. The molecule has 0 fully saturated rings. The molecule has 0 aromatic carbocycles. The molecule has 1 N–H and O–H groups in total. The van der Waals surface area contributed by atoms with Gasteiger partial charge in [0.05, 0.1) is 0 Å². The summed E-state index contributed by atoms with van der Waals surface area (Å²) in [6.45, 7) is 0. The van der Waals surface area contributed by atoms with E-state index in [0.717, 1.165) is 6.08 Å². The summed E-state index contributed by atoms with van der Waals surface area (Å²) in [5, 5.41) is 8.16. The first kappa shape index (κ1) is 9.33. The molecule has 11 heavy (non-hydrogen) atoms. The monoisotopic (exact) mass is 148 g/mol. The second-order valence-corrected chi connectivity index (χ2v) is 1.73. The van der Waals surface area contributed by atoms with Crippen LogP contribution in [0.5, 0.6) is 0 Å². The number of carboxylic acid groups (broad SMARTS) is 1. The molecule has 0 saturated heterocycles. The van der Waals surface area contributed by atoms with Gasteiger partial charge in [-0.2, -0.15) is 0 Å². The van der Waals surface area contributed by atoms with Crippen LogP contribution in [0.2, 0.25) is 0 Å². The smallest absolute Gasteiger partial charge is 0.327 e. The summed E-state index contributed by atoms with van der Waals surface area (Å²) < 4.78 is 0. The number of hydrogen-bond donors (Lipinski definition) is 1. The number of allylic oxidation sites excluding steroid dienone is 1. The molecule has 0 bridgehead atoms. The lowest BCUT2D eigenvalue weighted by atomic mass is 10.3. The fourth-order valence-corrected chi connectivity index (χ4v) is 0.453. The average Bonchev–Trinajstić information content (AvgIpc) is 1.96. The molecule has 0 heterocycles. The molecule has 0 aliphatic carbocycles. The Morgan fingerprint density at radius 1 is 1.64 bits per heavy atom. The van der Waals surface area contributed by atoms with Gasteiger partial charge in [-0.3, -0.25) is 0 Å². The normalized spacial score (nSPS) is 8.27. The third-order valence-electron chi connectivity index (χ3n) is 0.857. The van der Waals surface area contributed by atoms with Crippen molar-refractivity contribution in [2.45, 2.75) is 12.8 Å². The summed E-state index contributed by atoms with van der Waals surface area (Å²) in [4.78, 5) is 9.93. The number of aliphatic carboxylic acids is 1. The largest absolute Gasteiger partial charge is 0.478 e. The summed E-state index contributed by atoms with van der Waals surface area (Å²) in [6.07, 6.45) is 8.73. The maximum absolute atomic E-state index is 9.93. The van der Waals surface area contributed by atoms with Crippen LogP contribution < -0.4 is 0 Å². The van der Waals surface area contributed by atoms with E-state index in [0.29, 0.717) is 12.8 Å². The Morgan fingerprint density at radius 3 is 2.91 bits per heavy atom. The van der Waals surface area contributed by atoms with Crippen molar-refractivity contribution in [2.75, 3.05) is 0 Å². The minimum Gasteiger partial charge on any atom is -0.478 e. The highest BCUT2D eigenvalue weighted by Gasteiger charge is 1.82. The summed E-state index contributed by atoms with van der Waals surface area (Å²) in [7, 11) is 0. The molecule has 56 valence electrons. The van der Waals surface area contributed by atoms with E-state index in [1.807, 2.05) is 0 Å². The fraction of sp³-hybridized carbons (Fsp3) is 0.222. The number of hydrogen-bond acceptors (Lipinski definition) is 1.